The second-order valence-corrected chi connectivity index (χ2v) is 8.18. The largest absolute Gasteiger partial charge is 0.384 e. The summed E-state index contributed by atoms with van der Waals surface area (Å²) in [6, 6.07) is 18.9. The number of hydrogen-bond donors (Lipinski definition) is 3. The Morgan fingerprint density at radius 1 is 1.03 bits per heavy atom. The van der Waals surface area contributed by atoms with Crippen molar-refractivity contribution in [2.45, 2.75) is 31.6 Å². The van der Waals surface area contributed by atoms with Gasteiger partial charge < -0.3 is 16.0 Å². The van der Waals surface area contributed by atoms with E-state index in [4.69, 9.17) is 10.7 Å². The number of hydrogen-bond acceptors (Lipinski definition) is 4. The van der Waals surface area contributed by atoms with Crippen LogP contribution in [0.25, 0.3) is 22.3 Å². The first-order valence-corrected chi connectivity index (χ1v) is 10.7. The van der Waals surface area contributed by atoms with Crippen molar-refractivity contribution < 1.29 is 0 Å². The van der Waals surface area contributed by atoms with E-state index in [1.54, 1.807) is 0 Å². The van der Waals surface area contributed by atoms with Crippen LogP contribution in [-0.2, 0) is 0 Å². The molecule has 1 atom stereocenters. The van der Waals surface area contributed by atoms with Crippen molar-refractivity contribution in [2.24, 2.45) is 0 Å². The molecule has 1 aromatic carbocycles. The minimum atomic E-state index is 0.209. The summed E-state index contributed by atoms with van der Waals surface area (Å²) in [6.45, 7) is 4.35. The molecule has 152 valence electrons. The fraction of sp³-hybridized carbons (Fsp3) is 0.280. The summed E-state index contributed by atoms with van der Waals surface area (Å²) in [5, 5.41) is 4.56. The number of anilines is 1. The van der Waals surface area contributed by atoms with Crippen molar-refractivity contribution in [1.82, 2.24) is 20.3 Å². The number of aromatic amines is 1. The molecule has 1 aliphatic rings. The van der Waals surface area contributed by atoms with Crippen LogP contribution in [0.1, 0.15) is 48.4 Å². The normalized spacial score (nSPS) is 16.0. The van der Waals surface area contributed by atoms with Crippen molar-refractivity contribution in [3.63, 3.8) is 0 Å². The van der Waals surface area contributed by atoms with Gasteiger partial charge in [0.25, 0.3) is 0 Å². The van der Waals surface area contributed by atoms with Gasteiger partial charge in [0.05, 0.1) is 5.69 Å². The average molecular weight is 398 g/mol. The second kappa shape index (κ2) is 7.92. The second-order valence-electron chi connectivity index (χ2n) is 8.18. The third kappa shape index (κ3) is 3.46. The average Bonchev–Trinajstić information content (AvgIpc) is 3.24. The number of nitrogens with one attached hydrogen (secondary N) is 2. The first kappa shape index (κ1) is 18.8. The molecule has 5 nitrogen and oxygen atoms in total. The minimum Gasteiger partial charge on any atom is -0.384 e. The van der Waals surface area contributed by atoms with Crippen molar-refractivity contribution in [2.75, 3.05) is 18.8 Å². The van der Waals surface area contributed by atoms with Crippen molar-refractivity contribution in [1.29, 1.82) is 0 Å². The molecule has 1 fully saturated rings. The molecule has 30 heavy (non-hydrogen) atoms. The molecule has 0 spiro atoms. The standard InChI is InChI=1S/C25H27N5/c1-16(17-5-3-2-4-6-17)19-7-8-23(26)30-24(19)20-11-14-28-25-21(20)15-22(29-25)18-9-12-27-13-10-18/h2-8,11,14-16,18,27H,9-10,12-13H2,1H3,(H2,26,30)(H,28,29)/t16-/m0/s1. The summed E-state index contributed by atoms with van der Waals surface area (Å²) in [6.07, 6.45) is 4.16. The van der Waals surface area contributed by atoms with E-state index < -0.39 is 0 Å². The Morgan fingerprint density at radius 3 is 2.63 bits per heavy atom. The molecule has 5 rings (SSSR count). The van der Waals surface area contributed by atoms with E-state index in [0.29, 0.717) is 11.7 Å². The highest BCUT2D eigenvalue weighted by atomic mass is 14.9. The zero-order valence-electron chi connectivity index (χ0n) is 17.2. The van der Waals surface area contributed by atoms with Gasteiger partial charge in [-0.15, -0.1) is 0 Å². The van der Waals surface area contributed by atoms with E-state index in [0.717, 1.165) is 48.2 Å². The number of nitrogen functional groups attached to an aromatic ring is 1. The Kier molecular flexibility index (Phi) is 4.97. The smallest absolute Gasteiger partial charge is 0.138 e. The lowest BCUT2D eigenvalue weighted by atomic mass is 9.89. The van der Waals surface area contributed by atoms with Crippen LogP contribution in [0, 0.1) is 0 Å². The summed E-state index contributed by atoms with van der Waals surface area (Å²) < 4.78 is 0. The topological polar surface area (TPSA) is 79.6 Å². The molecule has 0 saturated carbocycles. The Bertz CT molecular complexity index is 1160. The molecule has 0 unspecified atom stereocenters. The van der Waals surface area contributed by atoms with Gasteiger partial charge in [-0.1, -0.05) is 43.3 Å². The summed E-state index contributed by atoms with van der Waals surface area (Å²) in [7, 11) is 0. The molecule has 4 heterocycles. The number of pyridine rings is 2. The third-order valence-corrected chi connectivity index (χ3v) is 6.30. The van der Waals surface area contributed by atoms with Crippen LogP contribution in [-0.4, -0.2) is 28.0 Å². The van der Waals surface area contributed by atoms with Gasteiger partial charge in [0.2, 0.25) is 0 Å². The van der Waals surface area contributed by atoms with E-state index in [2.05, 4.69) is 64.7 Å². The van der Waals surface area contributed by atoms with E-state index >= 15 is 0 Å². The van der Waals surface area contributed by atoms with Crippen LogP contribution in [0.5, 0.6) is 0 Å². The Labute approximate surface area is 176 Å². The maximum absolute atomic E-state index is 6.13. The number of benzene rings is 1. The number of nitrogens with zero attached hydrogens (tertiary/aromatic N) is 2. The zero-order valence-corrected chi connectivity index (χ0v) is 17.2. The highest BCUT2D eigenvalue weighted by Crippen LogP contribution is 2.37. The first-order chi connectivity index (χ1) is 14.7. The van der Waals surface area contributed by atoms with Gasteiger partial charge in [-0.3, -0.25) is 0 Å². The van der Waals surface area contributed by atoms with E-state index in [1.165, 1.54) is 16.8 Å². The van der Waals surface area contributed by atoms with Crippen LogP contribution >= 0.6 is 0 Å². The summed E-state index contributed by atoms with van der Waals surface area (Å²) >= 11 is 0. The van der Waals surface area contributed by atoms with E-state index in [-0.39, 0.29) is 5.92 Å². The molecule has 0 amide bonds. The van der Waals surface area contributed by atoms with Gasteiger partial charge in [0, 0.05) is 34.7 Å². The molecule has 4 aromatic rings. The molecule has 3 aromatic heterocycles. The lowest BCUT2D eigenvalue weighted by molar-refractivity contribution is 0.455. The SMILES string of the molecule is C[C@@H](c1ccccc1)c1ccc(N)nc1-c1ccnc2[nH]c(C3CCNCC3)cc12. The summed E-state index contributed by atoms with van der Waals surface area (Å²) in [5.74, 6) is 1.29. The molecule has 0 radical (unpaired) electrons. The summed E-state index contributed by atoms with van der Waals surface area (Å²) in [4.78, 5) is 13.0. The number of aromatic nitrogens is 3. The number of piperidine rings is 1. The number of fused-ring (bicyclic) bond motifs is 1. The zero-order chi connectivity index (χ0) is 20.5. The molecule has 5 heteroatoms. The van der Waals surface area contributed by atoms with Gasteiger partial charge in [-0.2, -0.15) is 0 Å². The first-order valence-electron chi connectivity index (χ1n) is 10.7. The summed E-state index contributed by atoms with van der Waals surface area (Å²) in [5.41, 5.74) is 12.8. The lowest BCUT2D eigenvalue weighted by Gasteiger charge is -2.21. The number of H-pyrrole nitrogens is 1. The quantitative estimate of drug-likeness (QED) is 0.461. The van der Waals surface area contributed by atoms with Crippen LogP contribution in [0.15, 0.2) is 60.8 Å². The van der Waals surface area contributed by atoms with Crippen molar-refractivity contribution >= 4 is 16.9 Å². The van der Waals surface area contributed by atoms with Crippen LogP contribution in [0.4, 0.5) is 5.82 Å². The Balaban J connectivity index is 1.63. The number of nitrogens with two attached hydrogens (primary N) is 1. The molecular formula is C25H27N5. The van der Waals surface area contributed by atoms with Crippen LogP contribution in [0.2, 0.25) is 0 Å². The van der Waals surface area contributed by atoms with Crippen LogP contribution in [0.3, 0.4) is 0 Å². The predicted molar refractivity (Wildman–Crippen MR) is 123 cm³/mol. The monoisotopic (exact) mass is 397 g/mol. The van der Waals surface area contributed by atoms with Gasteiger partial charge in [0.15, 0.2) is 0 Å². The Hall–Kier alpha value is -3.18. The van der Waals surface area contributed by atoms with Gasteiger partial charge in [-0.05, 0) is 55.3 Å². The molecule has 0 bridgehead atoms. The van der Waals surface area contributed by atoms with Crippen LogP contribution < -0.4 is 11.1 Å². The maximum Gasteiger partial charge on any atom is 0.138 e. The Morgan fingerprint density at radius 2 is 1.83 bits per heavy atom. The van der Waals surface area contributed by atoms with Crippen molar-refractivity contribution in [3.05, 3.63) is 77.6 Å². The lowest BCUT2D eigenvalue weighted by Crippen LogP contribution is -2.26. The molecule has 0 aliphatic carbocycles. The maximum atomic E-state index is 6.13. The highest BCUT2D eigenvalue weighted by Gasteiger charge is 2.21. The van der Waals surface area contributed by atoms with Gasteiger partial charge in [-0.25, -0.2) is 9.97 Å². The molecular weight excluding hydrogens is 370 g/mol. The molecule has 1 saturated heterocycles. The van der Waals surface area contributed by atoms with E-state index in [9.17, 15) is 0 Å². The van der Waals surface area contributed by atoms with Gasteiger partial charge >= 0.3 is 0 Å². The van der Waals surface area contributed by atoms with Gasteiger partial charge in [0.1, 0.15) is 11.5 Å². The minimum absolute atomic E-state index is 0.209. The molecule has 4 N–H and O–H groups in total. The fourth-order valence-corrected chi connectivity index (χ4v) is 4.58. The number of rotatable bonds is 4. The molecule has 1 aliphatic heterocycles. The predicted octanol–water partition coefficient (Wildman–Crippen LogP) is 4.83. The highest BCUT2D eigenvalue weighted by molar-refractivity contribution is 5.93. The van der Waals surface area contributed by atoms with E-state index in [1.807, 2.05) is 18.3 Å². The third-order valence-electron chi connectivity index (χ3n) is 6.30. The van der Waals surface area contributed by atoms with Crippen molar-refractivity contribution in [3.8, 4) is 11.3 Å². The fourth-order valence-electron chi connectivity index (χ4n) is 4.58.